The van der Waals surface area contributed by atoms with Crippen LogP contribution in [-0.4, -0.2) is 56.3 Å². The number of hydrogen-bond donors (Lipinski definition) is 2. The number of nitrogens with one attached hydrogen (secondary N) is 1. The molecule has 9 heteroatoms. The Kier molecular flexibility index (Phi) is 4.51. The van der Waals surface area contributed by atoms with E-state index in [1.807, 2.05) is 0 Å². The second kappa shape index (κ2) is 6.17. The van der Waals surface area contributed by atoms with Crippen molar-refractivity contribution in [3.63, 3.8) is 0 Å². The molecule has 2 amide bonds. The molecule has 0 bridgehead atoms. The lowest BCUT2D eigenvalue weighted by Crippen LogP contribution is -2.47. The van der Waals surface area contributed by atoms with E-state index in [9.17, 15) is 9.59 Å². The first-order valence-electron chi connectivity index (χ1n) is 6.25. The number of carbonyl (C=O) groups is 2. The maximum Gasteiger partial charge on any atom is 0.327 e. The van der Waals surface area contributed by atoms with E-state index in [0.717, 1.165) is 0 Å². The molecule has 2 atom stereocenters. The molecule has 0 spiro atoms. The van der Waals surface area contributed by atoms with Gasteiger partial charge in [-0.1, -0.05) is 0 Å². The molecule has 2 rings (SSSR count). The second-order valence-electron chi connectivity index (χ2n) is 4.50. The van der Waals surface area contributed by atoms with Gasteiger partial charge in [0.15, 0.2) is 0 Å². The highest BCUT2D eigenvalue weighted by Crippen LogP contribution is 2.29. The highest BCUT2D eigenvalue weighted by atomic mass is 32.2. The van der Waals surface area contributed by atoms with Crippen LogP contribution in [0.1, 0.15) is 12.6 Å². The molecule has 1 aliphatic rings. The normalized spacial score (nSPS) is 21.2. The first-order chi connectivity index (χ1) is 9.92. The van der Waals surface area contributed by atoms with Gasteiger partial charge < -0.3 is 9.84 Å². The van der Waals surface area contributed by atoms with Crippen molar-refractivity contribution in [2.75, 3.05) is 18.2 Å². The van der Waals surface area contributed by atoms with Crippen molar-refractivity contribution in [2.24, 2.45) is 0 Å². The largest absolute Gasteiger partial charge is 0.481 e. The summed E-state index contributed by atoms with van der Waals surface area (Å²) in [5, 5.41) is 11.5. The number of aromatic nitrogens is 2. The number of methoxy groups -OCH3 is 1. The van der Waals surface area contributed by atoms with Gasteiger partial charge in [-0.15, -0.1) is 11.8 Å². The van der Waals surface area contributed by atoms with Crippen LogP contribution in [0.5, 0.6) is 5.88 Å². The molecule has 1 fully saturated rings. The number of rotatable bonds is 3. The highest BCUT2D eigenvalue weighted by Gasteiger charge is 2.39. The molecule has 1 aromatic rings. The number of carboxylic acids is 1. The van der Waals surface area contributed by atoms with Gasteiger partial charge in [0.2, 0.25) is 11.8 Å². The van der Waals surface area contributed by atoms with Gasteiger partial charge in [0.05, 0.1) is 12.5 Å². The number of thioether (sulfide) groups is 1. The Bertz CT molecular complexity index is 568. The lowest BCUT2D eigenvalue weighted by molar-refractivity contribution is -0.141. The minimum atomic E-state index is -1.02. The van der Waals surface area contributed by atoms with Crippen molar-refractivity contribution in [1.82, 2.24) is 14.9 Å². The molecule has 114 valence electrons. The third-order valence-electron chi connectivity index (χ3n) is 3.00. The summed E-state index contributed by atoms with van der Waals surface area (Å²) in [5.74, 6) is -0.242. The maximum atomic E-state index is 12.3. The van der Waals surface area contributed by atoms with Crippen molar-refractivity contribution in [2.45, 2.75) is 25.3 Å². The first kappa shape index (κ1) is 15.4. The minimum absolute atomic E-state index is 0.0880. The molecule has 1 aliphatic heterocycles. The predicted molar refractivity (Wildman–Crippen MR) is 77.5 cm³/mol. The van der Waals surface area contributed by atoms with Gasteiger partial charge >= 0.3 is 12.0 Å². The average Bonchev–Trinajstić information content (AvgIpc) is 2.80. The number of carbonyl (C=O) groups excluding carboxylic acids is 1. The van der Waals surface area contributed by atoms with Crippen molar-refractivity contribution in [3.05, 3.63) is 11.8 Å². The summed E-state index contributed by atoms with van der Waals surface area (Å²) in [7, 11) is 1.47. The third-order valence-corrected chi connectivity index (χ3v) is 4.22. The molecule has 21 heavy (non-hydrogen) atoms. The molecular weight excluding hydrogens is 296 g/mol. The first-order valence-corrected chi connectivity index (χ1v) is 7.30. The average molecular weight is 312 g/mol. The Morgan fingerprint density at radius 3 is 2.86 bits per heavy atom. The highest BCUT2D eigenvalue weighted by molar-refractivity contribution is 8.00. The molecule has 2 heterocycles. The summed E-state index contributed by atoms with van der Waals surface area (Å²) in [6.45, 7) is 3.53. The van der Waals surface area contributed by atoms with E-state index in [-0.39, 0.29) is 11.3 Å². The van der Waals surface area contributed by atoms with Crippen LogP contribution in [0.3, 0.4) is 0 Å². The van der Waals surface area contributed by atoms with Crippen LogP contribution in [-0.2, 0) is 4.79 Å². The van der Waals surface area contributed by atoms with Crippen LogP contribution in [0, 0.1) is 6.92 Å². The topological polar surface area (TPSA) is 105 Å². The van der Waals surface area contributed by atoms with Crippen molar-refractivity contribution in [1.29, 1.82) is 0 Å². The molecule has 0 radical (unpaired) electrons. The van der Waals surface area contributed by atoms with Crippen molar-refractivity contribution >= 4 is 29.7 Å². The SMILES string of the molecule is COc1cc(C)nc(NC(=O)N2C(C)SCC2C(=O)O)n1. The molecule has 0 saturated carbocycles. The summed E-state index contributed by atoms with van der Waals surface area (Å²) < 4.78 is 5.01. The molecule has 0 aliphatic carbocycles. The third kappa shape index (κ3) is 3.35. The number of hydrogen-bond acceptors (Lipinski definition) is 6. The smallest absolute Gasteiger partial charge is 0.327 e. The van der Waals surface area contributed by atoms with Gasteiger partial charge in [-0.3, -0.25) is 10.2 Å². The predicted octanol–water partition coefficient (Wildman–Crippen LogP) is 1.17. The Hall–Kier alpha value is -2.03. The Morgan fingerprint density at radius 2 is 2.24 bits per heavy atom. The van der Waals surface area contributed by atoms with Gasteiger partial charge in [-0.05, 0) is 13.8 Å². The van der Waals surface area contributed by atoms with E-state index >= 15 is 0 Å². The van der Waals surface area contributed by atoms with Gasteiger partial charge in [0.25, 0.3) is 0 Å². The maximum absolute atomic E-state index is 12.3. The van der Waals surface area contributed by atoms with Crippen molar-refractivity contribution in [3.8, 4) is 5.88 Å². The van der Waals surface area contributed by atoms with Gasteiger partial charge in [0, 0.05) is 17.5 Å². The number of aryl methyl sites for hydroxylation is 1. The number of carboxylic acid groups (broad SMARTS) is 1. The van der Waals surface area contributed by atoms with Gasteiger partial charge in [0.1, 0.15) is 6.04 Å². The van der Waals surface area contributed by atoms with Crippen molar-refractivity contribution < 1.29 is 19.4 Å². The van der Waals surface area contributed by atoms with Crippen LogP contribution in [0.4, 0.5) is 10.7 Å². The lowest BCUT2D eigenvalue weighted by Gasteiger charge is -2.24. The Labute approximate surface area is 125 Å². The molecule has 1 aromatic heterocycles. The van der Waals surface area contributed by atoms with Crippen LogP contribution < -0.4 is 10.1 Å². The second-order valence-corrected chi connectivity index (χ2v) is 5.85. The number of urea groups is 1. The fraction of sp³-hybridized carbons (Fsp3) is 0.500. The van der Waals surface area contributed by atoms with Gasteiger partial charge in [-0.2, -0.15) is 4.98 Å². The van der Waals surface area contributed by atoms with E-state index in [1.165, 1.54) is 23.8 Å². The number of nitrogens with zero attached hydrogens (tertiary/aromatic N) is 3. The van der Waals surface area contributed by atoms with E-state index in [4.69, 9.17) is 9.84 Å². The molecule has 2 N–H and O–H groups in total. The van der Waals surface area contributed by atoms with Crippen LogP contribution in [0.15, 0.2) is 6.07 Å². The molecule has 8 nitrogen and oxygen atoms in total. The van der Waals surface area contributed by atoms with Gasteiger partial charge in [-0.25, -0.2) is 14.6 Å². The van der Waals surface area contributed by atoms with Crippen LogP contribution >= 0.6 is 11.8 Å². The quantitative estimate of drug-likeness (QED) is 0.863. The summed E-state index contributed by atoms with van der Waals surface area (Å²) in [5.41, 5.74) is 0.635. The molecule has 0 aromatic carbocycles. The Morgan fingerprint density at radius 1 is 1.52 bits per heavy atom. The number of aliphatic carboxylic acids is 1. The zero-order valence-electron chi connectivity index (χ0n) is 11.9. The number of amides is 2. The zero-order valence-corrected chi connectivity index (χ0v) is 12.7. The number of anilines is 1. The molecular formula is C12H16N4O4S. The Balaban J connectivity index is 2.17. The van der Waals surface area contributed by atoms with E-state index < -0.39 is 18.0 Å². The standard InChI is InChI=1S/C12H16N4O4S/c1-6-4-9(20-3)14-11(13-6)15-12(19)16-7(2)21-5-8(16)10(17)18/h4,7-8H,5H2,1-3H3,(H,17,18)(H,13,14,15,19). The van der Waals surface area contributed by atoms with Crippen LogP contribution in [0.2, 0.25) is 0 Å². The summed E-state index contributed by atoms with van der Waals surface area (Å²) >= 11 is 1.41. The minimum Gasteiger partial charge on any atom is -0.481 e. The zero-order chi connectivity index (χ0) is 15.6. The fourth-order valence-corrected chi connectivity index (χ4v) is 3.17. The van der Waals surface area contributed by atoms with E-state index in [0.29, 0.717) is 17.3 Å². The summed E-state index contributed by atoms with van der Waals surface area (Å²) in [4.78, 5) is 32.8. The van der Waals surface area contributed by atoms with E-state index in [1.54, 1.807) is 19.9 Å². The molecule has 2 unspecified atom stereocenters. The number of ether oxygens (including phenoxy) is 1. The fourth-order valence-electron chi connectivity index (χ4n) is 2.00. The molecule has 1 saturated heterocycles. The summed E-state index contributed by atoms with van der Waals surface area (Å²) in [6.07, 6.45) is 0. The monoisotopic (exact) mass is 312 g/mol. The summed E-state index contributed by atoms with van der Waals surface area (Å²) in [6, 6.07) is 0.244. The van der Waals surface area contributed by atoms with Crippen LogP contribution in [0.25, 0.3) is 0 Å². The lowest BCUT2D eigenvalue weighted by atomic mass is 10.3. The van der Waals surface area contributed by atoms with E-state index in [2.05, 4.69) is 15.3 Å².